The predicted octanol–water partition coefficient (Wildman–Crippen LogP) is 2.90. The molecule has 0 N–H and O–H groups in total. The van der Waals surface area contributed by atoms with Crippen LogP contribution in [0, 0.1) is 19.8 Å². The van der Waals surface area contributed by atoms with Gasteiger partial charge in [-0.05, 0) is 43.5 Å². The third-order valence-electron chi connectivity index (χ3n) is 5.38. The quantitative estimate of drug-likeness (QED) is 0.685. The van der Waals surface area contributed by atoms with Crippen molar-refractivity contribution in [2.24, 2.45) is 10.9 Å². The number of fused-ring (bicyclic) bond motifs is 1. The lowest BCUT2D eigenvalue weighted by molar-refractivity contribution is -0.543. The summed E-state index contributed by atoms with van der Waals surface area (Å²) >= 11 is 6.10. The fraction of sp³-hybridized carbons (Fsp3) is 0.409. The molecule has 31 heavy (non-hydrogen) atoms. The molecule has 8 nitrogen and oxygen atoms in total. The molecular formula is C22H26ClN6O2+. The van der Waals surface area contributed by atoms with Crippen LogP contribution in [0.4, 0.5) is 4.79 Å². The normalized spacial score (nSPS) is 18.9. The minimum absolute atomic E-state index is 0.150. The van der Waals surface area contributed by atoms with Crippen molar-refractivity contribution >= 4 is 35.3 Å². The Kier molecular flexibility index (Phi) is 5.43. The third kappa shape index (κ3) is 3.76. The first-order valence-corrected chi connectivity index (χ1v) is 10.6. The van der Waals surface area contributed by atoms with Crippen molar-refractivity contribution in [2.75, 3.05) is 13.6 Å². The molecule has 1 aromatic heterocycles. The molecule has 0 spiro atoms. The zero-order valence-electron chi connectivity index (χ0n) is 18.3. The van der Waals surface area contributed by atoms with Crippen molar-refractivity contribution in [1.29, 1.82) is 0 Å². The molecule has 2 aliphatic rings. The minimum atomic E-state index is -0.678. The summed E-state index contributed by atoms with van der Waals surface area (Å²) in [7, 11) is 1.66. The zero-order chi connectivity index (χ0) is 22.4. The maximum Gasteiger partial charge on any atom is 0.421 e. The van der Waals surface area contributed by atoms with Gasteiger partial charge >= 0.3 is 12.0 Å². The highest BCUT2D eigenvalue weighted by molar-refractivity contribution is 6.30. The van der Waals surface area contributed by atoms with Crippen LogP contribution in [-0.4, -0.2) is 67.5 Å². The number of carbonyl (C=O) groups is 2. The van der Waals surface area contributed by atoms with Gasteiger partial charge in [-0.15, -0.1) is 9.78 Å². The SMILES string of the molecule is Cc1cc(C)n(C2=[N+](CC(C)C)C3C(=O)N(Cc4cccc(Cl)c4)C(=O)N(C)C3=N2)n1. The van der Waals surface area contributed by atoms with Crippen LogP contribution in [0.3, 0.4) is 0 Å². The number of amidine groups is 1. The largest absolute Gasteiger partial charge is 0.421 e. The molecule has 0 bridgehead atoms. The van der Waals surface area contributed by atoms with Gasteiger partial charge in [0.25, 0.3) is 5.91 Å². The monoisotopic (exact) mass is 441 g/mol. The summed E-state index contributed by atoms with van der Waals surface area (Å²) in [6.07, 6.45) is 0. The summed E-state index contributed by atoms with van der Waals surface area (Å²) < 4.78 is 3.70. The molecule has 1 unspecified atom stereocenters. The molecule has 4 rings (SSSR count). The Morgan fingerprint density at radius 3 is 2.55 bits per heavy atom. The number of aromatic nitrogens is 2. The van der Waals surface area contributed by atoms with Gasteiger partial charge in [-0.3, -0.25) is 14.6 Å². The Balaban J connectivity index is 1.78. The number of hydrogen-bond donors (Lipinski definition) is 0. The number of aliphatic imine (C=N–C) groups is 1. The van der Waals surface area contributed by atoms with Crippen LogP contribution >= 0.6 is 11.6 Å². The number of hydrogen-bond acceptors (Lipinski definition) is 4. The van der Waals surface area contributed by atoms with Crippen molar-refractivity contribution in [2.45, 2.75) is 40.3 Å². The highest BCUT2D eigenvalue weighted by atomic mass is 35.5. The molecule has 0 aliphatic carbocycles. The molecule has 0 radical (unpaired) electrons. The maximum atomic E-state index is 13.6. The number of urea groups is 1. The second kappa shape index (κ2) is 7.92. The smallest absolute Gasteiger partial charge is 0.270 e. The predicted molar refractivity (Wildman–Crippen MR) is 118 cm³/mol. The van der Waals surface area contributed by atoms with Gasteiger partial charge in [0, 0.05) is 12.1 Å². The number of halogens is 1. The number of nitrogens with zero attached hydrogens (tertiary/aromatic N) is 6. The Morgan fingerprint density at radius 1 is 1.19 bits per heavy atom. The average Bonchev–Trinajstić information content (AvgIpc) is 3.22. The molecule has 1 fully saturated rings. The van der Waals surface area contributed by atoms with Crippen molar-refractivity contribution in [3.63, 3.8) is 0 Å². The van der Waals surface area contributed by atoms with Crippen LogP contribution in [0.1, 0.15) is 30.8 Å². The Bertz CT molecular complexity index is 1130. The lowest BCUT2D eigenvalue weighted by Crippen LogP contribution is -2.62. The lowest BCUT2D eigenvalue weighted by Gasteiger charge is -2.34. The first kappa shape index (κ1) is 21.2. The fourth-order valence-corrected chi connectivity index (χ4v) is 4.26. The van der Waals surface area contributed by atoms with Crippen LogP contribution in [0.5, 0.6) is 0 Å². The van der Waals surface area contributed by atoms with E-state index in [4.69, 9.17) is 16.6 Å². The molecular weight excluding hydrogens is 416 g/mol. The van der Waals surface area contributed by atoms with E-state index in [1.807, 2.05) is 36.6 Å². The molecule has 9 heteroatoms. The maximum absolute atomic E-state index is 13.6. The van der Waals surface area contributed by atoms with Gasteiger partial charge in [0.2, 0.25) is 11.9 Å². The molecule has 1 aromatic carbocycles. The first-order chi connectivity index (χ1) is 14.7. The summed E-state index contributed by atoms with van der Waals surface area (Å²) in [5, 5.41) is 5.12. The standard InChI is InChI=1S/C22H26ClN6O2/c1-13(2)11-27-18-19(24-21(27)29-15(4)9-14(3)25-29)26(5)22(31)28(20(18)30)12-16-7-6-8-17(23)10-16/h6-10,13,18H,11-12H2,1-5H3/q+1. The summed E-state index contributed by atoms with van der Waals surface area (Å²) in [5.41, 5.74) is 2.57. The van der Waals surface area contributed by atoms with Crippen LogP contribution in [-0.2, 0) is 11.3 Å². The average molecular weight is 442 g/mol. The van der Waals surface area contributed by atoms with Gasteiger partial charge in [-0.1, -0.05) is 42.6 Å². The van der Waals surface area contributed by atoms with E-state index in [1.54, 1.807) is 23.9 Å². The molecule has 3 amide bonds. The highest BCUT2D eigenvalue weighted by Gasteiger charge is 2.53. The number of likely N-dealkylation sites (N-methyl/N-ethyl adjacent to an activating group) is 1. The van der Waals surface area contributed by atoms with Gasteiger partial charge in [0.1, 0.15) is 5.69 Å². The number of aryl methyl sites for hydroxylation is 2. The first-order valence-electron chi connectivity index (χ1n) is 10.3. The molecule has 2 aromatic rings. The summed E-state index contributed by atoms with van der Waals surface area (Å²) in [6, 6.07) is 8.07. The van der Waals surface area contributed by atoms with Gasteiger partial charge in [-0.25, -0.2) is 9.37 Å². The molecule has 0 saturated carbocycles. The Morgan fingerprint density at radius 2 is 1.94 bits per heavy atom. The zero-order valence-corrected chi connectivity index (χ0v) is 19.1. The van der Waals surface area contributed by atoms with Gasteiger partial charge in [0.15, 0.2) is 0 Å². The van der Waals surface area contributed by atoms with Crippen LogP contribution in [0.25, 0.3) is 0 Å². The lowest BCUT2D eigenvalue weighted by atomic mass is 10.1. The van der Waals surface area contributed by atoms with E-state index in [1.165, 1.54) is 9.80 Å². The van der Waals surface area contributed by atoms with Gasteiger partial charge < -0.3 is 0 Å². The van der Waals surface area contributed by atoms with E-state index >= 15 is 0 Å². The summed E-state index contributed by atoms with van der Waals surface area (Å²) in [4.78, 5) is 34.1. The third-order valence-corrected chi connectivity index (χ3v) is 5.61. The van der Waals surface area contributed by atoms with Crippen molar-refractivity contribution in [3.05, 3.63) is 52.3 Å². The summed E-state index contributed by atoms with van der Waals surface area (Å²) in [5.74, 6) is 0.982. The van der Waals surface area contributed by atoms with Crippen molar-refractivity contribution in [1.82, 2.24) is 19.6 Å². The second-order valence-corrected chi connectivity index (χ2v) is 8.89. The van der Waals surface area contributed by atoms with Crippen LogP contribution in [0.15, 0.2) is 35.3 Å². The second-order valence-electron chi connectivity index (χ2n) is 8.45. The van der Waals surface area contributed by atoms with E-state index < -0.39 is 12.1 Å². The minimum Gasteiger partial charge on any atom is -0.270 e. The molecule has 2 aliphatic heterocycles. The number of amides is 3. The number of rotatable bonds is 4. The molecule has 1 atom stereocenters. The van der Waals surface area contributed by atoms with E-state index in [0.717, 1.165) is 17.0 Å². The molecule has 1 saturated heterocycles. The number of carbonyl (C=O) groups excluding carboxylic acids is 2. The van der Waals surface area contributed by atoms with Crippen LogP contribution in [0.2, 0.25) is 5.02 Å². The molecule has 162 valence electrons. The summed E-state index contributed by atoms with van der Waals surface area (Å²) in [6.45, 7) is 8.79. The van der Waals surface area contributed by atoms with E-state index in [0.29, 0.717) is 23.4 Å². The van der Waals surface area contributed by atoms with Crippen molar-refractivity contribution < 1.29 is 14.2 Å². The van der Waals surface area contributed by atoms with Crippen molar-refractivity contribution in [3.8, 4) is 0 Å². The van der Waals surface area contributed by atoms with E-state index in [9.17, 15) is 9.59 Å². The Hall–Kier alpha value is -3.00. The highest BCUT2D eigenvalue weighted by Crippen LogP contribution is 2.24. The number of benzene rings is 1. The van der Waals surface area contributed by atoms with Gasteiger partial charge in [0.05, 0.1) is 18.8 Å². The topological polar surface area (TPSA) is 73.8 Å². The number of imide groups is 1. The molecule has 3 heterocycles. The Labute approximate surface area is 186 Å². The van der Waals surface area contributed by atoms with E-state index in [-0.39, 0.29) is 18.4 Å². The fourth-order valence-electron chi connectivity index (χ4n) is 4.05. The van der Waals surface area contributed by atoms with Gasteiger partial charge in [-0.2, -0.15) is 0 Å². The van der Waals surface area contributed by atoms with Crippen LogP contribution < -0.4 is 0 Å². The van der Waals surface area contributed by atoms with E-state index in [2.05, 4.69) is 18.9 Å².